The Morgan fingerprint density at radius 3 is 2.88 bits per heavy atom. The molecule has 0 spiro atoms. The molecule has 1 aliphatic rings. The van der Waals surface area contributed by atoms with E-state index in [1.165, 1.54) is 11.3 Å². The molecule has 2 N–H and O–H groups in total. The Morgan fingerprint density at radius 2 is 2.35 bits per heavy atom. The molecule has 2 heterocycles. The molecule has 1 aromatic rings. The largest absolute Gasteiger partial charge is 0.329 e. The first-order valence-electron chi connectivity index (χ1n) is 6.08. The van der Waals surface area contributed by atoms with Crippen LogP contribution in [0.4, 0.5) is 0 Å². The number of hydrogen-bond donors (Lipinski definition) is 1. The topological polar surface area (TPSA) is 47.1 Å². The molecular weight excluding hydrogens is 232 g/mol. The third-order valence-electron chi connectivity index (χ3n) is 3.23. The summed E-state index contributed by atoms with van der Waals surface area (Å²) in [7, 11) is 1.95. The average Bonchev–Trinajstić information content (AvgIpc) is 2.64. The normalized spacial score (nSPS) is 22.6. The molecule has 2 rings (SSSR count). The first-order valence-corrected chi connectivity index (χ1v) is 7.07. The molecule has 1 atom stereocenters. The van der Waals surface area contributed by atoms with Crippen LogP contribution in [-0.2, 0) is 7.05 Å². The number of aryl methyl sites for hydroxylation is 1. The minimum Gasteiger partial charge on any atom is -0.329 e. The second-order valence-corrected chi connectivity index (χ2v) is 7.08. The van der Waals surface area contributed by atoms with E-state index in [2.05, 4.69) is 30.0 Å². The van der Waals surface area contributed by atoms with E-state index in [0.29, 0.717) is 17.3 Å². The average molecular weight is 254 g/mol. The molecule has 96 valence electrons. The van der Waals surface area contributed by atoms with Gasteiger partial charge in [0, 0.05) is 48.9 Å². The third-order valence-corrected chi connectivity index (χ3v) is 4.53. The van der Waals surface area contributed by atoms with Gasteiger partial charge < -0.3 is 5.73 Å². The van der Waals surface area contributed by atoms with Crippen LogP contribution in [0.5, 0.6) is 0 Å². The molecule has 1 fully saturated rings. The van der Waals surface area contributed by atoms with Crippen LogP contribution in [0.2, 0.25) is 0 Å². The van der Waals surface area contributed by atoms with Gasteiger partial charge in [0.15, 0.2) is 0 Å². The Balaban J connectivity index is 2.13. The summed E-state index contributed by atoms with van der Waals surface area (Å²) in [6, 6.07) is 0.309. The van der Waals surface area contributed by atoms with Gasteiger partial charge in [0.1, 0.15) is 0 Å². The maximum absolute atomic E-state index is 5.95. The van der Waals surface area contributed by atoms with Crippen LogP contribution in [0.25, 0.3) is 0 Å². The summed E-state index contributed by atoms with van der Waals surface area (Å²) in [4.78, 5) is 2.49. The first-order chi connectivity index (χ1) is 8.02. The minimum absolute atomic E-state index is 0.309. The number of nitrogens with two attached hydrogens (primary N) is 1. The maximum atomic E-state index is 5.95. The Morgan fingerprint density at radius 1 is 1.59 bits per heavy atom. The smallest absolute Gasteiger partial charge is 0.0538 e. The van der Waals surface area contributed by atoms with Crippen LogP contribution in [-0.4, -0.2) is 44.8 Å². The molecule has 0 aliphatic carbocycles. The molecule has 5 heteroatoms. The standard InChI is InChI=1S/C12H22N4S/c1-12(2)9-16(4-5-17-12)11(6-13)10-7-14-15(3)8-10/h7-8,11H,4-6,9,13H2,1-3H3. The number of hydrogen-bond acceptors (Lipinski definition) is 4. The predicted molar refractivity (Wildman–Crippen MR) is 73.1 cm³/mol. The zero-order chi connectivity index (χ0) is 12.5. The molecule has 0 radical (unpaired) electrons. The highest BCUT2D eigenvalue weighted by molar-refractivity contribution is 8.00. The molecule has 0 saturated carbocycles. The van der Waals surface area contributed by atoms with Crippen molar-refractivity contribution >= 4 is 11.8 Å². The van der Waals surface area contributed by atoms with E-state index in [9.17, 15) is 0 Å². The Bertz CT molecular complexity index is 374. The molecule has 0 bridgehead atoms. The molecule has 1 saturated heterocycles. The predicted octanol–water partition coefficient (Wildman–Crippen LogP) is 1.25. The van der Waals surface area contributed by atoms with Gasteiger partial charge in [-0.15, -0.1) is 0 Å². The van der Waals surface area contributed by atoms with Crippen molar-refractivity contribution in [3.63, 3.8) is 0 Å². The van der Waals surface area contributed by atoms with E-state index >= 15 is 0 Å². The second-order valence-electron chi connectivity index (χ2n) is 5.28. The summed E-state index contributed by atoms with van der Waals surface area (Å²) < 4.78 is 2.18. The summed E-state index contributed by atoms with van der Waals surface area (Å²) in [5.41, 5.74) is 7.18. The van der Waals surface area contributed by atoms with E-state index in [1.807, 2.05) is 29.7 Å². The van der Waals surface area contributed by atoms with Gasteiger partial charge >= 0.3 is 0 Å². The maximum Gasteiger partial charge on any atom is 0.0538 e. The third kappa shape index (κ3) is 3.03. The van der Waals surface area contributed by atoms with Crippen LogP contribution in [0.15, 0.2) is 12.4 Å². The van der Waals surface area contributed by atoms with E-state index in [4.69, 9.17) is 5.73 Å². The number of aromatic nitrogens is 2. The monoisotopic (exact) mass is 254 g/mol. The number of thioether (sulfide) groups is 1. The Hall–Kier alpha value is -0.520. The van der Waals surface area contributed by atoms with Gasteiger partial charge in [-0.2, -0.15) is 16.9 Å². The molecule has 0 aromatic carbocycles. The fourth-order valence-electron chi connectivity index (χ4n) is 2.43. The van der Waals surface area contributed by atoms with Crippen molar-refractivity contribution < 1.29 is 0 Å². The highest BCUT2D eigenvalue weighted by atomic mass is 32.2. The van der Waals surface area contributed by atoms with E-state index < -0.39 is 0 Å². The van der Waals surface area contributed by atoms with Gasteiger partial charge in [0.05, 0.1) is 12.2 Å². The summed E-state index contributed by atoms with van der Waals surface area (Å²) in [5, 5.41) is 4.25. The molecular formula is C12H22N4S. The first kappa shape index (κ1) is 12.9. The zero-order valence-corrected chi connectivity index (χ0v) is 11.7. The minimum atomic E-state index is 0.309. The van der Waals surface area contributed by atoms with Crippen LogP contribution in [0, 0.1) is 0 Å². The number of rotatable bonds is 3. The van der Waals surface area contributed by atoms with E-state index in [1.54, 1.807) is 0 Å². The van der Waals surface area contributed by atoms with Crippen LogP contribution < -0.4 is 5.73 Å². The van der Waals surface area contributed by atoms with Crippen molar-refractivity contribution in [1.82, 2.24) is 14.7 Å². The quantitative estimate of drug-likeness (QED) is 0.882. The van der Waals surface area contributed by atoms with E-state index in [0.717, 1.165) is 13.1 Å². The van der Waals surface area contributed by atoms with Crippen LogP contribution in [0.3, 0.4) is 0 Å². The van der Waals surface area contributed by atoms with Crippen molar-refractivity contribution in [2.45, 2.75) is 24.6 Å². The second kappa shape index (κ2) is 5.00. The summed E-state index contributed by atoms with van der Waals surface area (Å²) in [5.74, 6) is 1.18. The van der Waals surface area contributed by atoms with Gasteiger partial charge in [-0.1, -0.05) is 0 Å². The Kier molecular flexibility index (Phi) is 3.80. The van der Waals surface area contributed by atoms with Crippen molar-refractivity contribution in [2.75, 3.05) is 25.4 Å². The lowest BCUT2D eigenvalue weighted by Gasteiger charge is -2.41. The van der Waals surface area contributed by atoms with Gasteiger partial charge in [-0.05, 0) is 13.8 Å². The molecule has 1 aliphatic heterocycles. The molecule has 1 aromatic heterocycles. The van der Waals surface area contributed by atoms with Gasteiger partial charge in [-0.25, -0.2) is 0 Å². The SMILES string of the molecule is Cn1cc(C(CN)N2CCSC(C)(C)C2)cn1. The highest BCUT2D eigenvalue weighted by Crippen LogP contribution is 2.33. The fraction of sp³-hybridized carbons (Fsp3) is 0.750. The van der Waals surface area contributed by atoms with Gasteiger partial charge in [0.2, 0.25) is 0 Å². The van der Waals surface area contributed by atoms with Gasteiger partial charge in [-0.3, -0.25) is 9.58 Å². The summed E-state index contributed by atoms with van der Waals surface area (Å²) in [6.07, 6.45) is 4.01. The van der Waals surface area contributed by atoms with Crippen molar-refractivity contribution in [1.29, 1.82) is 0 Å². The highest BCUT2D eigenvalue weighted by Gasteiger charge is 2.31. The molecule has 4 nitrogen and oxygen atoms in total. The molecule has 0 amide bonds. The van der Waals surface area contributed by atoms with Crippen molar-refractivity contribution in [2.24, 2.45) is 12.8 Å². The molecule has 17 heavy (non-hydrogen) atoms. The zero-order valence-electron chi connectivity index (χ0n) is 10.9. The lowest BCUT2D eigenvalue weighted by molar-refractivity contribution is 0.192. The fourth-order valence-corrected chi connectivity index (χ4v) is 3.56. The van der Waals surface area contributed by atoms with Crippen LogP contribution >= 0.6 is 11.8 Å². The summed E-state index contributed by atoms with van der Waals surface area (Å²) >= 11 is 2.05. The van der Waals surface area contributed by atoms with Crippen LogP contribution in [0.1, 0.15) is 25.5 Å². The summed E-state index contributed by atoms with van der Waals surface area (Å²) in [6.45, 7) is 7.48. The van der Waals surface area contributed by atoms with E-state index in [-0.39, 0.29) is 0 Å². The van der Waals surface area contributed by atoms with Gasteiger partial charge in [0.25, 0.3) is 0 Å². The van der Waals surface area contributed by atoms with Crippen molar-refractivity contribution in [3.05, 3.63) is 18.0 Å². The Labute approximate surface area is 108 Å². The van der Waals surface area contributed by atoms with Crippen molar-refractivity contribution in [3.8, 4) is 0 Å². The lowest BCUT2D eigenvalue weighted by atomic mass is 10.1. The lowest BCUT2D eigenvalue weighted by Crippen LogP contribution is -2.46. The number of nitrogens with zero attached hydrogens (tertiary/aromatic N) is 3. The molecule has 1 unspecified atom stereocenters.